The maximum Gasteiger partial charge on any atom is 0.246 e. The van der Waals surface area contributed by atoms with Gasteiger partial charge in [0.25, 0.3) is 0 Å². The number of likely N-dealkylation sites (tertiary alicyclic amines) is 1. The summed E-state index contributed by atoms with van der Waals surface area (Å²) in [4.78, 5) is 13.8. The average molecular weight is 377 g/mol. The van der Waals surface area contributed by atoms with Crippen molar-refractivity contribution < 1.29 is 4.79 Å². The Hall–Kier alpha value is -1.44. The molecule has 0 saturated carbocycles. The Morgan fingerprint density at radius 1 is 1.35 bits per heavy atom. The Morgan fingerprint density at radius 3 is 2.50 bits per heavy atom. The second-order valence-corrected chi connectivity index (χ2v) is 6.28. The lowest BCUT2D eigenvalue weighted by molar-refractivity contribution is -0.127. The molecule has 2 rings (SSSR count). The number of hydrogen-bond acceptors (Lipinski definition) is 2. The standard InChI is InChI=1S/C17H25N2OP.C3H6.C2H6/c1-2-18-13-14-4-3-5-16(12-14)15-6-9-19(10-7-15)17(20)8-11-21;1-3-2;1-2/h3-5,8,11-12,15,18H,2,6-7,9-10,13,21H2,1H3;3H,1H2,2H3;1-2H3/b11-8+;;. The molecule has 0 aromatic heterocycles. The van der Waals surface area contributed by atoms with Crippen LogP contribution in [0.1, 0.15) is 57.6 Å². The smallest absolute Gasteiger partial charge is 0.246 e. The molecule has 1 unspecified atom stereocenters. The van der Waals surface area contributed by atoms with Crippen molar-refractivity contribution in [2.75, 3.05) is 19.6 Å². The summed E-state index contributed by atoms with van der Waals surface area (Å²) in [7, 11) is 2.45. The summed E-state index contributed by atoms with van der Waals surface area (Å²) in [6.07, 6.45) is 5.49. The molecule has 1 aliphatic rings. The molecular formula is C22H37N2OP. The molecule has 1 heterocycles. The molecule has 0 radical (unpaired) electrons. The third kappa shape index (κ3) is 9.31. The van der Waals surface area contributed by atoms with Gasteiger partial charge in [-0.05, 0) is 43.4 Å². The van der Waals surface area contributed by atoms with Crippen LogP contribution in [-0.4, -0.2) is 30.4 Å². The second kappa shape index (κ2) is 15.8. The minimum absolute atomic E-state index is 0.129. The number of rotatable bonds is 5. The van der Waals surface area contributed by atoms with Crippen molar-refractivity contribution in [1.82, 2.24) is 10.2 Å². The first-order valence-electron chi connectivity index (χ1n) is 9.70. The van der Waals surface area contributed by atoms with Crippen LogP contribution in [0.2, 0.25) is 0 Å². The fourth-order valence-corrected chi connectivity index (χ4v) is 3.01. The Balaban J connectivity index is 0.00000113. The van der Waals surface area contributed by atoms with E-state index < -0.39 is 0 Å². The predicted octanol–water partition coefficient (Wildman–Crippen LogP) is 5.11. The Kier molecular flexibility index (Phi) is 14.9. The van der Waals surface area contributed by atoms with E-state index in [2.05, 4.69) is 52.3 Å². The molecule has 1 atom stereocenters. The molecular weight excluding hydrogens is 339 g/mol. The van der Waals surface area contributed by atoms with E-state index in [0.29, 0.717) is 5.92 Å². The van der Waals surface area contributed by atoms with E-state index in [-0.39, 0.29) is 5.91 Å². The molecule has 1 aromatic rings. The summed E-state index contributed by atoms with van der Waals surface area (Å²) in [6, 6.07) is 8.86. The Bertz CT molecular complexity index is 535. The maximum absolute atomic E-state index is 11.8. The SMILES string of the molecule is C=CC.CC.CCNCc1cccc(C2CCN(C(=O)/C=C/P)CC2)c1. The monoisotopic (exact) mass is 376 g/mol. The van der Waals surface area contributed by atoms with Gasteiger partial charge in [-0.1, -0.05) is 56.9 Å². The molecule has 4 heteroatoms. The van der Waals surface area contributed by atoms with Crippen molar-refractivity contribution >= 4 is 15.1 Å². The summed E-state index contributed by atoms with van der Waals surface area (Å²) in [5.74, 6) is 2.44. The lowest BCUT2D eigenvalue weighted by atomic mass is 9.88. The van der Waals surface area contributed by atoms with Gasteiger partial charge < -0.3 is 10.2 Å². The average Bonchev–Trinajstić information content (AvgIpc) is 2.69. The zero-order chi connectivity index (χ0) is 19.8. The van der Waals surface area contributed by atoms with E-state index in [1.807, 2.05) is 25.7 Å². The van der Waals surface area contributed by atoms with Gasteiger partial charge in [0.2, 0.25) is 5.91 Å². The van der Waals surface area contributed by atoms with Crippen LogP contribution < -0.4 is 5.32 Å². The van der Waals surface area contributed by atoms with Crippen LogP contribution in [0.25, 0.3) is 0 Å². The van der Waals surface area contributed by atoms with Crippen LogP contribution in [0.3, 0.4) is 0 Å². The van der Waals surface area contributed by atoms with E-state index in [9.17, 15) is 4.79 Å². The predicted molar refractivity (Wildman–Crippen MR) is 118 cm³/mol. The molecule has 1 aliphatic heterocycles. The maximum atomic E-state index is 11.8. The molecule has 3 nitrogen and oxygen atoms in total. The van der Waals surface area contributed by atoms with Crippen LogP contribution in [0.4, 0.5) is 0 Å². The number of piperidine rings is 1. The van der Waals surface area contributed by atoms with Gasteiger partial charge in [-0.25, -0.2) is 0 Å². The number of nitrogens with zero attached hydrogens (tertiary/aromatic N) is 1. The molecule has 0 spiro atoms. The van der Waals surface area contributed by atoms with Gasteiger partial charge in [-0.15, -0.1) is 15.8 Å². The second-order valence-electron chi connectivity index (χ2n) is 5.89. The lowest BCUT2D eigenvalue weighted by Gasteiger charge is -2.31. The third-order valence-corrected chi connectivity index (χ3v) is 4.24. The summed E-state index contributed by atoms with van der Waals surface area (Å²) in [5.41, 5.74) is 2.76. The molecule has 0 aliphatic carbocycles. The topological polar surface area (TPSA) is 32.3 Å². The highest BCUT2D eigenvalue weighted by molar-refractivity contribution is 7.20. The van der Waals surface area contributed by atoms with Gasteiger partial charge in [-0.3, -0.25) is 4.79 Å². The van der Waals surface area contributed by atoms with Crippen molar-refractivity contribution in [3.63, 3.8) is 0 Å². The highest BCUT2D eigenvalue weighted by Crippen LogP contribution is 2.28. The molecule has 1 N–H and O–H groups in total. The van der Waals surface area contributed by atoms with Crippen molar-refractivity contribution in [1.29, 1.82) is 0 Å². The fraction of sp³-hybridized carbons (Fsp3) is 0.500. The van der Waals surface area contributed by atoms with Gasteiger partial charge in [0.1, 0.15) is 0 Å². The number of amides is 1. The zero-order valence-electron chi connectivity index (χ0n) is 17.0. The van der Waals surface area contributed by atoms with Gasteiger partial charge in [0.15, 0.2) is 0 Å². The van der Waals surface area contributed by atoms with Gasteiger partial charge >= 0.3 is 0 Å². The lowest BCUT2D eigenvalue weighted by Crippen LogP contribution is -2.36. The van der Waals surface area contributed by atoms with Crippen LogP contribution >= 0.6 is 9.24 Å². The summed E-state index contributed by atoms with van der Waals surface area (Å²) in [6.45, 7) is 15.0. The minimum Gasteiger partial charge on any atom is -0.339 e. The first-order chi connectivity index (χ1) is 12.7. The minimum atomic E-state index is 0.129. The summed E-state index contributed by atoms with van der Waals surface area (Å²) < 4.78 is 0. The van der Waals surface area contributed by atoms with Gasteiger partial charge in [-0.2, -0.15) is 0 Å². The fourth-order valence-electron chi connectivity index (χ4n) is 2.85. The van der Waals surface area contributed by atoms with E-state index in [0.717, 1.165) is 39.0 Å². The van der Waals surface area contributed by atoms with Crippen LogP contribution in [-0.2, 0) is 11.3 Å². The zero-order valence-corrected chi connectivity index (χ0v) is 18.2. The van der Waals surface area contributed by atoms with Crippen LogP contribution in [0.5, 0.6) is 0 Å². The van der Waals surface area contributed by atoms with Crippen molar-refractivity contribution in [2.24, 2.45) is 0 Å². The normalized spacial score (nSPS) is 14.1. The molecule has 1 aromatic carbocycles. The molecule has 1 fully saturated rings. The quantitative estimate of drug-likeness (QED) is 0.440. The number of carbonyl (C=O) groups excluding carboxylic acids is 1. The number of benzene rings is 1. The number of hydrogen-bond donors (Lipinski definition) is 1. The molecule has 146 valence electrons. The summed E-state index contributed by atoms with van der Waals surface area (Å²) >= 11 is 0. The van der Waals surface area contributed by atoms with Crippen LogP contribution in [0.15, 0.2) is 48.8 Å². The van der Waals surface area contributed by atoms with E-state index in [1.54, 1.807) is 18.0 Å². The highest BCUT2D eigenvalue weighted by Gasteiger charge is 2.22. The number of allylic oxidation sites excluding steroid dienone is 1. The highest BCUT2D eigenvalue weighted by atomic mass is 31.0. The van der Waals surface area contributed by atoms with Crippen molar-refractivity contribution in [3.05, 3.63) is 59.9 Å². The Labute approximate surface area is 163 Å². The molecule has 1 amide bonds. The van der Waals surface area contributed by atoms with Gasteiger partial charge in [0, 0.05) is 25.7 Å². The molecule has 0 bridgehead atoms. The number of nitrogens with one attached hydrogen (secondary N) is 1. The third-order valence-electron chi connectivity index (χ3n) is 4.05. The van der Waals surface area contributed by atoms with Crippen LogP contribution in [0, 0.1) is 0 Å². The van der Waals surface area contributed by atoms with E-state index >= 15 is 0 Å². The van der Waals surface area contributed by atoms with E-state index in [4.69, 9.17) is 0 Å². The molecule has 26 heavy (non-hydrogen) atoms. The first-order valence-corrected chi connectivity index (χ1v) is 10.4. The summed E-state index contributed by atoms with van der Waals surface area (Å²) in [5, 5.41) is 3.37. The van der Waals surface area contributed by atoms with Crippen molar-refractivity contribution in [3.8, 4) is 0 Å². The van der Waals surface area contributed by atoms with Crippen molar-refractivity contribution in [2.45, 2.75) is 53.0 Å². The Morgan fingerprint density at radius 2 is 1.96 bits per heavy atom. The largest absolute Gasteiger partial charge is 0.339 e. The molecule has 1 saturated heterocycles. The van der Waals surface area contributed by atoms with E-state index in [1.165, 1.54) is 11.1 Å². The van der Waals surface area contributed by atoms with Gasteiger partial charge in [0.05, 0.1) is 0 Å². The number of carbonyl (C=O) groups is 1. The first kappa shape index (κ1) is 24.6.